The van der Waals surface area contributed by atoms with E-state index in [1.54, 1.807) is 49.6 Å². The molecule has 6 heterocycles. The minimum Gasteiger partial charge on any atom is -0.491 e. The molecule has 3 aliphatic heterocycles. The maximum absolute atomic E-state index is 14.3. The van der Waals surface area contributed by atoms with Crippen LogP contribution in [0.25, 0.3) is 15.4 Å². The maximum atomic E-state index is 14.3. The number of amides is 7. The number of imide groups is 1. The number of carbonyl (C=O) groups excluding carboxylic acids is 7. The first-order chi connectivity index (χ1) is 42.1. The van der Waals surface area contributed by atoms with E-state index in [2.05, 4.69) is 45.0 Å². The zero-order valence-corrected chi connectivity index (χ0v) is 53.4. The number of unbranched alkanes of at least 4 members (excludes halogenated alkanes) is 2. The van der Waals surface area contributed by atoms with Crippen molar-refractivity contribution >= 4 is 81.3 Å². The Bertz CT molecular complexity index is 3370. The van der Waals surface area contributed by atoms with E-state index in [1.165, 1.54) is 33.3 Å². The van der Waals surface area contributed by atoms with Crippen molar-refractivity contribution in [3.05, 3.63) is 110 Å². The van der Waals surface area contributed by atoms with Crippen molar-refractivity contribution in [1.29, 1.82) is 0 Å². The van der Waals surface area contributed by atoms with Crippen molar-refractivity contribution in [2.24, 2.45) is 10.4 Å². The molecule has 0 saturated carbocycles. The number of thiazole rings is 1. The van der Waals surface area contributed by atoms with E-state index in [4.69, 9.17) is 35.5 Å². The summed E-state index contributed by atoms with van der Waals surface area (Å²) in [6, 6.07) is 10.4. The third-order valence-electron chi connectivity index (χ3n) is 15.4. The van der Waals surface area contributed by atoms with Crippen molar-refractivity contribution in [3.63, 3.8) is 0 Å². The van der Waals surface area contributed by atoms with Crippen LogP contribution in [-0.4, -0.2) is 184 Å². The third kappa shape index (κ3) is 17.1. The number of rotatable bonds is 30. The van der Waals surface area contributed by atoms with E-state index >= 15 is 0 Å². The number of aliphatic hydroxyl groups excluding tert-OH is 1. The van der Waals surface area contributed by atoms with Gasteiger partial charge in [-0.3, -0.25) is 48.0 Å². The number of hydrogen-bond donors (Lipinski definition) is 4. The molecule has 0 unspecified atom stereocenters. The Morgan fingerprint density at radius 3 is 2.27 bits per heavy atom. The predicted molar refractivity (Wildman–Crippen MR) is 332 cm³/mol. The first kappa shape index (κ1) is 66.7. The van der Waals surface area contributed by atoms with Gasteiger partial charge in [0.1, 0.15) is 47.9 Å². The number of aryl methyl sites for hydroxylation is 3. The molecule has 0 bridgehead atoms. The fraction of sp³-hybridized carbons (Fsp3) is 0.500. The molecule has 472 valence electrons. The number of aliphatic imine (C=N–C) groups is 1. The lowest BCUT2D eigenvalue weighted by Gasteiger charge is -2.35. The van der Waals surface area contributed by atoms with Gasteiger partial charge in [-0.2, -0.15) is 0 Å². The lowest BCUT2D eigenvalue weighted by molar-refractivity contribution is -0.144. The van der Waals surface area contributed by atoms with E-state index in [1.807, 2.05) is 60.9 Å². The number of aromatic nitrogens is 4. The van der Waals surface area contributed by atoms with Crippen molar-refractivity contribution in [2.75, 3.05) is 79.5 Å². The topological polar surface area (TPSA) is 278 Å². The summed E-state index contributed by atoms with van der Waals surface area (Å²) in [7, 11) is 1.70. The summed E-state index contributed by atoms with van der Waals surface area (Å²) < 4.78 is 25.2. The van der Waals surface area contributed by atoms with Crippen LogP contribution in [0.15, 0.2) is 65.1 Å². The number of β-amino-alcohol motifs (C(OH)–C–C–N with tert-alkyl or cyclic N) is 1. The summed E-state index contributed by atoms with van der Waals surface area (Å²) in [4.78, 5) is 107. The second-order valence-corrected chi connectivity index (χ2v) is 25.4. The second kappa shape index (κ2) is 30.8. The highest BCUT2D eigenvalue weighted by Crippen LogP contribution is 2.40. The number of hydrogen-bond acceptors (Lipinski definition) is 18. The van der Waals surface area contributed by atoms with Gasteiger partial charge in [0.05, 0.1) is 73.9 Å². The highest BCUT2D eigenvalue weighted by Gasteiger charge is 2.45. The van der Waals surface area contributed by atoms with Gasteiger partial charge >= 0.3 is 0 Å². The largest absolute Gasteiger partial charge is 0.491 e. The molecule has 26 heteroatoms. The normalized spacial score (nSPS) is 16.7. The lowest BCUT2D eigenvalue weighted by atomic mass is 9.85. The smallest absolute Gasteiger partial charge is 0.253 e. The van der Waals surface area contributed by atoms with Crippen LogP contribution in [0.1, 0.15) is 110 Å². The molecular formula is C62H78ClN11O12S2. The van der Waals surface area contributed by atoms with Crippen molar-refractivity contribution in [1.82, 2.24) is 50.4 Å². The molecule has 0 aliphatic carbocycles. The Morgan fingerprint density at radius 2 is 1.57 bits per heavy atom. The van der Waals surface area contributed by atoms with Crippen molar-refractivity contribution < 1.29 is 57.6 Å². The van der Waals surface area contributed by atoms with E-state index in [0.29, 0.717) is 60.2 Å². The molecule has 88 heavy (non-hydrogen) atoms. The highest BCUT2D eigenvalue weighted by molar-refractivity contribution is 7.15. The monoisotopic (exact) mass is 1270 g/mol. The second-order valence-electron chi connectivity index (χ2n) is 22.9. The summed E-state index contributed by atoms with van der Waals surface area (Å²) in [6.45, 7) is 14.8. The van der Waals surface area contributed by atoms with Crippen molar-refractivity contribution in [2.45, 2.75) is 118 Å². The van der Waals surface area contributed by atoms with Crippen LogP contribution in [-0.2, 0) is 54.3 Å². The molecule has 3 aliphatic rings. The molecular weight excluding hydrogens is 1190 g/mol. The Labute approximate surface area is 525 Å². The molecule has 4 N–H and O–H groups in total. The number of carbonyl (C=O) groups is 7. The highest BCUT2D eigenvalue weighted by atomic mass is 35.5. The van der Waals surface area contributed by atoms with Gasteiger partial charge in [-0.1, -0.05) is 63.1 Å². The minimum atomic E-state index is -1.07. The quantitative estimate of drug-likeness (QED) is 0.0307. The third-order valence-corrected chi connectivity index (χ3v) is 17.8. The average molecular weight is 1270 g/mol. The summed E-state index contributed by atoms with van der Waals surface area (Å²) in [5.41, 5.74) is 7.03. The summed E-state index contributed by atoms with van der Waals surface area (Å²) in [5.74, 6) is -0.742. The molecule has 23 nitrogen and oxygen atoms in total. The SMILES string of the molecule is Cc1ncsc1-c1ccc(CNC(=O)[C@@H]2C[C@@H](O)CN2C(=O)[C@@H](NC(=O)COCCOCCOCCNC(=O)C[C@@H]2N=C(c3ccc(Cl)cc3)c3c(sc(C)c3C)-n3c(C)nnc32)C(C)(C)C)c(OCCN(C)C(=O)CCCCCN2C(=O)C=CC2=O)c1. The first-order valence-corrected chi connectivity index (χ1v) is 31.5. The van der Waals surface area contributed by atoms with Crippen LogP contribution in [0.2, 0.25) is 5.02 Å². The number of fused-ring (bicyclic) bond motifs is 3. The number of thiophene rings is 1. The zero-order chi connectivity index (χ0) is 63.2. The molecule has 1 fully saturated rings. The first-order valence-electron chi connectivity index (χ1n) is 29.4. The van der Waals surface area contributed by atoms with Crippen LogP contribution in [0, 0.1) is 33.1 Å². The molecule has 2 aromatic carbocycles. The van der Waals surface area contributed by atoms with E-state index in [-0.39, 0.29) is 109 Å². The van der Waals surface area contributed by atoms with Gasteiger partial charge in [-0.05, 0) is 75.3 Å². The molecule has 7 amide bonds. The summed E-state index contributed by atoms with van der Waals surface area (Å²) >= 11 is 9.37. The molecule has 4 atom stereocenters. The van der Waals surface area contributed by atoms with Gasteiger partial charge in [-0.25, -0.2) is 4.98 Å². The van der Waals surface area contributed by atoms with E-state index in [9.17, 15) is 38.7 Å². The number of ether oxygens (including phenoxy) is 4. The van der Waals surface area contributed by atoms with Crippen LogP contribution in [0.5, 0.6) is 5.75 Å². The van der Waals surface area contributed by atoms with Gasteiger partial charge in [0.2, 0.25) is 29.5 Å². The number of benzene rings is 2. The number of nitrogens with zero attached hydrogens (tertiary/aromatic N) is 8. The van der Waals surface area contributed by atoms with Gasteiger partial charge in [0.25, 0.3) is 11.8 Å². The Kier molecular flexibility index (Phi) is 23.3. The number of aliphatic hydroxyl groups is 1. The lowest BCUT2D eigenvalue weighted by Crippen LogP contribution is -2.58. The number of halogens is 1. The maximum Gasteiger partial charge on any atom is 0.253 e. The number of likely N-dealkylation sites (N-methyl/N-ethyl adjacent to an activating group) is 1. The molecule has 5 aromatic rings. The van der Waals surface area contributed by atoms with Gasteiger partial charge in [0.15, 0.2) is 5.82 Å². The van der Waals surface area contributed by atoms with Crippen molar-refractivity contribution in [3.8, 4) is 21.2 Å². The Morgan fingerprint density at radius 1 is 0.864 bits per heavy atom. The van der Waals surface area contributed by atoms with Gasteiger partial charge in [-0.15, -0.1) is 32.9 Å². The minimum absolute atomic E-state index is 0.0112. The van der Waals surface area contributed by atoms with E-state index < -0.39 is 47.4 Å². The molecule has 0 spiro atoms. The fourth-order valence-electron chi connectivity index (χ4n) is 10.4. The molecule has 1 saturated heterocycles. The van der Waals surface area contributed by atoms with Gasteiger partial charge in [0, 0.05) is 84.8 Å². The van der Waals surface area contributed by atoms with Crippen LogP contribution in [0.3, 0.4) is 0 Å². The van der Waals surface area contributed by atoms with Gasteiger partial charge < -0.3 is 49.8 Å². The average Bonchev–Trinajstić information content (AvgIpc) is 1.64. The fourth-order valence-corrected chi connectivity index (χ4v) is 12.6. The predicted octanol–water partition coefficient (Wildman–Crippen LogP) is 5.92. The Balaban J connectivity index is 0.744. The number of likely N-dealkylation sites (tertiary alicyclic amines) is 1. The number of nitrogens with one attached hydrogen (secondary N) is 3. The van der Waals surface area contributed by atoms with Crippen LogP contribution in [0.4, 0.5) is 0 Å². The molecule has 3 aromatic heterocycles. The zero-order valence-electron chi connectivity index (χ0n) is 51.0. The Hall–Kier alpha value is -7.26. The van der Waals surface area contributed by atoms with E-state index in [0.717, 1.165) is 48.4 Å². The summed E-state index contributed by atoms with van der Waals surface area (Å²) in [6.07, 6.45) is 3.72. The van der Waals surface area contributed by atoms with Crippen LogP contribution < -0.4 is 20.7 Å². The molecule has 0 radical (unpaired) electrons. The molecule has 8 rings (SSSR count). The van der Waals surface area contributed by atoms with Crippen LogP contribution >= 0.6 is 34.3 Å². The summed E-state index contributed by atoms with van der Waals surface area (Å²) in [5, 5.41) is 29.9. The standard InChI is InChI=1S/C62H78ClN11O12S2/c1-37-39(3)88-61-54(37)55(41-15-17-44(63)18-16-41)67-46(58-70-69-40(4)74(58)61)32-49(76)64-21-24-83-26-27-84-28-29-85-35-50(77)68-57(62(5,6)7)60(82)73-34-45(75)31-47(73)59(81)65-33-43-14-13-42(56-38(2)66-36-87-56)30-48(43)86-25-23-71(8)51(78)12-10-9-11-22-72-52(79)19-20-53(72)80/h13-20,30,36,45-47,57,75H,9-12,21-29,31-35H2,1-8H3,(H,64,76)(H,65,81)(H,68,77)/t45-,46+,47+,57-/m1/s1.